The molecule has 0 spiro atoms. The Morgan fingerprint density at radius 3 is 2.72 bits per heavy atom. The van der Waals surface area contributed by atoms with Crippen LogP contribution in [0, 0.1) is 5.82 Å². The first-order valence-corrected chi connectivity index (χ1v) is 9.32. The third-order valence-corrected chi connectivity index (χ3v) is 4.83. The standard InChI is InChI=1S/C19H23FN4O5/c20-11-3-1-4-12(9-11)22-19(29)24-14-7-10(8-15(25)16(14)26)17(27)23-13-5-2-6-21-18(13)28/h1,3-4,7,9,13-16,25-26H,2,5-6,8H2,(H,21,28)(H,23,27)(H2,22,24,29). The highest BCUT2D eigenvalue weighted by Crippen LogP contribution is 2.21. The molecule has 0 saturated carbocycles. The number of rotatable bonds is 4. The lowest BCUT2D eigenvalue weighted by Gasteiger charge is -2.31. The van der Waals surface area contributed by atoms with Crippen molar-refractivity contribution in [3.8, 4) is 0 Å². The van der Waals surface area contributed by atoms with Gasteiger partial charge in [0, 0.05) is 24.2 Å². The Morgan fingerprint density at radius 1 is 1.21 bits per heavy atom. The van der Waals surface area contributed by atoms with Gasteiger partial charge in [0.1, 0.15) is 18.0 Å². The second-order valence-electron chi connectivity index (χ2n) is 7.05. The number of aliphatic hydroxyl groups excluding tert-OH is 2. The summed E-state index contributed by atoms with van der Waals surface area (Å²) >= 11 is 0. The van der Waals surface area contributed by atoms with Gasteiger partial charge in [0.25, 0.3) is 0 Å². The minimum atomic E-state index is -1.33. The summed E-state index contributed by atoms with van der Waals surface area (Å²) < 4.78 is 13.2. The van der Waals surface area contributed by atoms with E-state index in [4.69, 9.17) is 0 Å². The van der Waals surface area contributed by atoms with Crippen LogP contribution in [0.15, 0.2) is 35.9 Å². The van der Waals surface area contributed by atoms with E-state index in [2.05, 4.69) is 21.3 Å². The van der Waals surface area contributed by atoms with Gasteiger partial charge in [0.15, 0.2) is 0 Å². The molecule has 1 aliphatic heterocycles. The average molecular weight is 406 g/mol. The van der Waals surface area contributed by atoms with Gasteiger partial charge in [-0.25, -0.2) is 9.18 Å². The molecule has 9 nitrogen and oxygen atoms in total. The number of benzene rings is 1. The summed E-state index contributed by atoms with van der Waals surface area (Å²) in [6.45, 7) is 0.561. The van der Waals surface area contributed by atoms with Crippen molar-refractivity contribution < 1.29 is 29.0 Å². The topological polar surface area (TPSA) is 140 Å². The lowest BCUT2D eigenvalue weighted by molar-refractivity contribution is -0.129. The summed E-state index contributed by atoms with van der Waals surface area (Å²) in [6.07, 6.45) is -0.137. The van der Waals surface area contributed by atoms with E-state index in [0.717, 1.165) is 12.5 Å². The van der Waals surface area contributed by atoms with E-state index in [1.54, 1.807) is 0 Å². The Morgan fingerprint density at radius 2 is 2.00 bits per heavy atom. The highest BCUT2D eigenvalue weighted by Gasteiger charge is 2.35. The van der Waals surface area contributed by atoms with Crippen molar-refractivity contribution in [3.05, 3.63) is 41.7 Å². The average Bonchev–Trinajstić information content (AvgIpc) is 2.67. The van der Waals surface area contributed by atoms with Crippen molar-refractivity contribution >= 4 is 23.5 Å². The smallest absolute Gasteiger partial charge is 0.319 e. The van der Waals surface area contributed by atoms with Gasteiger partial charge in [0.05, 0.1) is 12.1 Å². The Kier molecular flexibility index (Phi) is 6.45. The minimum absolute atomic E-state index is 0.120. The van der Waals surface area contributed by atoms with Crippen LogP contribution in [-0.2, 0) is 9.59 Å². The third kappa shape index (κ3) is 5.30. The summed E-state index contributed by atoms with van der Waals surface area (Å²) in [6, 6.07) is 2.81. The van der Waals surface area contributed by atoms with E-state index in [-0.39, 0.29) is 23.6 Å². The molecule has 0 bridgehead atoms. The van der Waals surface area contributed by atoms with E-state index >= 15 is 0 Å². The van der Waals surface area contributed by atoms with Crippen molar-refractivity contribution in [1.82, 2.24) is 16.0 Å². The predicted molar refractivity (Wildman–Crippen MR) is 101 cm³/mol. The fourth-order valence-corrected chi connectivity index (χ4v) is 3.31. The van der Waals surface area contributed by atoms with E-state index < -0.39 is 42.0 Å². The molecule has 1 saturated heterocycles. The molecule has 2 aliphatic rings. The SMILES string of the molecule is O=C(Nc1cccc(F)c1)NC1C=C(C(=O)NC2CCCNC2=O)CC(O)C1O. The predicted octanol–water partition coefficient (Wildman–Crippen LogP) is -0.238. The van der Waals surface area contributed by atoms with Crippen LogP contribution in [0.25, 0.3) is 0 Å². The molecule has 1 heterocycles. The summed E-state index contributed by atoms with van der Waals surface area (Å²) in [5.41, 5.74) is 0.357. The maximum absolute atomic E-state index is 13.2. The molecule has 1 aromatic rings. The van der Waals surface area contributed by atoms with Gasteiger partial charge in [-0.15, -0.1) is 0 Å². The maximum Gasteiger partial charge on any atom is 0.319 e. The number of carbonyl (C=O) groups is 3. The highest BCUT2D eigenvalue weighted by molar-refractivity contribution is 5.97. The van der Waals surface area contributed by atoms with Gasteiger partial charge in [-0.3, -0.25) is 9.59 Å². The van der Waals surface area contributed by atoms with Crippen LogP contribution in [0.4, 0.5) is 14.9 Å². The van der Waals surface area contributed by atoms with Crippen LogP contribution in [0.2, 0.25) is 0 Å². The molecule has 0 aromatic heterocycles. The van der Waals surface area contributed by atoms with E-state index in [0.29, 0.717) is 13.0 Å². The first-order chi connectivity index (χ1) is 13.8. The summed E-state index contributed by atoms with van der Waals surface area (Å²) in [7, 11) is 0. The molecular formula is C19H23FN4O5. The molecule has 10 heteroatoms. The number of urea groups is 1. The first kappa shape index (κ1) is 20.7. The Bertz CT molecular complexity index is 831. The number of piperidine rings is 1. The minimum Gasteiger partial charge on any atom is -0.390 e. The highest BCUT2D eigenvalue weighted by atomic mass is 19.1. The monoisotopic (exact) mass is 406 g/mol. The quantitative estimate of drug-likeness (QED) is 0.410. The van der Waals surface area contributed by atoms with Gasteiger partial charge in [-0.1, -0.05) is 12.1 Å². The van der Waals surface area contributed by atoms with Crippen molar-refractivity contribution in [2.45, 2.75) is 43.6 Å². The Hall–Kier alpha value is -2.98. The molecule has 29 heavy (non-hydrogen) atoms. The molecule has 0 radical (unpaired) electrons. The van der Waals surface area contributed by atoms with E-state index in [1.165, 1.54) is 24.3 Å². The number of nitrogens with one attached hydrogen (secondary N) is 4. The molecule has 1 aromatic carbocycles. The molecule has 1 fully saturated rings. The van der Waals surface area contributed by atoms with Crippen molar-refractivity contribution in [3.63, 3.8) is 0 Å². The van der Waals surface area contributed by atoms with Crippen molar-refractivity contribution in [1.29, 1.82) is 0 Å². The van der Waals surface area contributed by atoms with Gasteiger partial charge in [-0.2, -0.15) is 0 Å². The normalized spacial score (nSPS) is 26.7. The van der Waals surface area contributed by atoms with Gasteiger partial charge >= 0.3 is 6.03 Å². The fraction of sp³-hybridized carbons (Fsp3) is 0.421. The van der Waals surface area contributed by atoms with Crippen LogP contribution >= 0.6 is 0 Å². The molecule has 3 rings (SSSR count). The van der Waals surface area contributed by atoms with E-state index in [1.807, 2.05) is 0 Å². The van der Waals surface area contributed by atoms with Gasteiger partial charge < -0.3 is 31.5 Å². The number of hydrogen-bond donors (Lipinski definition) is 6. The largest absolute Gasteiger partial charge is 0.390 e. The second kappa shape index (κ2) is 9.01. The maximum atomic E-state index is 13.2. The third-order valence-electron chi connectivity index (χ3n) is 4.83. The van der Waals surface area contributed by atoms with Gasteiger partial charge in [0.2, 0.25) is 11.8 Å². The molecule has 1 aliphatic carbocycles. The fourth-order valence-electron chi connectivity index (χ4n) is 3.31. The van der Waals surface area contributed by atoms with Crippen LogP contribution < -0.4 is 21.3 Å². The zero-order valence-electron chi connectivity index (χ0n) is 15.5. The lowest BCUT2D eigenvalue weighted by Crippen LogP contribution is -2.54. The molecule has 4 atom stereocenters. The molecule has 6 N–H and O–H groups in total. The lowest BCUT2D eigenvalue weighted by atomic mass is 9.89. The Labute approximate surface area is 166 Å². The number of hydrogen-bond acceptors (Lipinski definition) is 5. The summed E-state index contributed by atoms with van der Waals surface area (Å²) in [4.78, 5) is 36.5. The number of aliphatic hydroxyl groups is 2. The van der Waals surface area contributed by atoms with Crippen LogP contribution in [0.5, 0.6) is 0 Å². The number of carbonyl (C=O) groups excluding carboxylic acids is 3. The first-order valence-electron chi connectivity index (χ1n) is 9.32. The zero-order chi connectivity index (χ0) is 21.0. The van der Waals surface area contributed by atoms with Crippen LogP contribution in [0.1, 0.15) is 19.3 Å². The molecule has 4 unspecified atom stereocenters. The molecule has 156 valence electrons. The Balaban J connectivity index is 1.65. The number of amides is 4. The second-order valence-corrected chi connectivity index (χ2v) is 7.05. The summed E-state index contributed by atoms with van der Waals surface area (Å²) in [5, 5.41) is 30.4. The van der Waals surface area contributed by atoms with Crippen molar-refractivity contribution in [2.24, 2.45) is 0 Å². The van der Waals surface area contributed by atoms with E-state index in [9.17, 15) is 29.0 Å². The van der Waals surface area contributed by atoms with Crippen LogP contribution in [-0.4, -0.2) is 58.9 Å². The molecule has 4 amide bonds. The summed E-state index contributed by atoms with van der Waals surface area (Å²) in [5.74, 6) is -1.34. The van der Waals surface area contributed by atoms with Gasteiger partial charge in [-0.05, 0) is 31.0 Å². The van der Waals surface area contributed by atoms with Crippen molar-refractivity contribution in [2.75, 3.05) is 11.9 Å². The number of halogens is 1. The molecular weight excluding hydrogens is 383 g/mol. The zero-order valence-corrected chi connectivity index (χ0v) is 15.5. The number of anilines is 1. The van der Waals surface area contributed by atoms with Crippen LogP contribution in [0.3, 0.4) is 0 Å².